The highest BCUT2D eigenvalue weighted by Gasteiger charge is 2.54. The van der Waals surface area contributed by atoms with Gasteiger partial charge in [-0.05, 0) is 187 Å². The molecule has 2 aliphatic heterocycles. The fourth-order valence-electron chi connectivity index (χ4n) is 16.7. The molecule has 0 saturated heterocycles. The minimum atomic E-state index is -0.439. The van der Waals surface area contributed by atoms with Gasteiger partial charge in [-0.1, -0.05) is 254 Å². The van der Waals surface area contributed by atoms with Crippen LogP contribution in [0.15, 0.2) is 261 Å². The topological polar surface area (TPSA) is 6.48 Å². The van der Waals surface area contributed by atoms with Gasteiger partial charge in [-0.2, -0.15) is 0 Å². The number of nitrogens with zero attached hydrogens (tertiary/aromatic N) is 2. The van der Waals surface area contributed by atoms with Crippen LogP contribution >= 0.6 is 0 Å². The number of anilines is 6. The summed E-state index contributed by atoms with van der Waals surface area (Å²) in [6, 6.07) is 101. The molecule has 0 saturated carbocycles. The Bertz CT molecular complexity index is 4520. The van der Waals surface area contributed by atoms with Crippen LogP contribution in [0.1, 0.15) is 97.2 Å². The number of benzene rings is 12. The van der Waals surface area contributed by atoms with E-state index in [0.717, 1.165) is 11.4 Å². The monoisotopic (exact) mass is 1080 g/mol. The minimum absolute atomic E-state index is 0.0508. The second-order valence-electron chi connectivity index (χ2n) is 26.7. The molecule has 2 spiro atoms. The molecule has 18 rings (SSSR count). The maximum Gasteiger partial charge on any atom is 0.252 e. The first-order valence-corrected chi connectivity index (χ1v) is 30.4. The summed E-state index contributed by atoms with van der Waals surface area (Å²) in [4.78, 5) is 5.31. The minimum Gasteiger partial charge on any atom is -0.311 e. The summed E-state index contributed by atoms with van der Waals surface area (Å²) in [7, 11) is 0. The Balaban J connectivity index is 0.920. The van der Waals surface area contributed by atoms with Crippen LogP contribution in [-0.2, 0) is 21.7 Å². The van der Waals surface area contributed by atoms with Crippen LogP contribution in [0.4, 0.5) is 34.1 Å². The van der Waals surface area contributed by atoms with Gasteiger partial charge in [-0.3, -0.25) is 0 Å². The van der Waals surface area contributed by atoms with E-state index < -0.39 is 10.8 Å². The van der Waals surface area contributed by atoms with Gasteiger partial charge in [-0.25, -0.2) is 0 Å². The van der Waals surface area contributed by atoms with Gasteiger partial charge in [0.05, 0.1) is 10.8 Å². The van der Waals surface area contributed by atoms with Crippen molar-refractivity contribution >= 4 is 57.2 Å². The third-order valence-corrected chi connectivity index (χ3v) is 20.4. The summed E-state index contributed by atoms with van der Waals surface area (Å²) in [5, 5.41) is 0. The Morgan fingerprint density at radius 1 is 0.271 bits per heavy atom. The zero-order valence-corrected chi connectivity index (χ0v) is 48.8. The van der Waals surface area contributed by atoms with Gasteiger partial charge in [-0.15, -0.1) is 0 Å². The molecule has 4 aliphatic carbocycles. The van der Waals surface area contributed by atoms with E-state index in [4.69, 9.17) is 0 Å². The Morgan fingerprint density at radius 3 is 0.941 bits per heavy atom. The van der Waals surface area contributed by atoms with Gasteiger partial charge in [0.1, 0.15) is 0 Å². The molecule has 6 aliphatic rings. The molecule has 0 radical (unpaired) electrons. The molecule has 0 N–H and O–H groups in total. The Hall–Kier alpha value is -9.70. The summed E-state index contributed by atoms with van der Waals surface area (Å²) in [6.07, 6.45) is 0. The summed E-state index contributed by atoms with van der Waals surface area (Å²) < 4.78 is 0. The Kier molecular flexibility index (Phi) is 9.75. The molecule has 2 nitrogen and oxygen atoms in total. The van der Waals surface area contributed by atoms with E-state index >= 15 is 0 Å². The van der Waals surface area contributed by atoms with Crippen molar-refractivity contribution in [2.24, 2.45) is 0 Å². The zero-order valence-electron chi connectivity index (χ0n) is 48.8. The van der Waals surface area contributed by atoms with E-state index in [1.165, 1.54) is 150 Å². The van der Waals surface area contributed by atoms with Crippen molar-refractivity contribution in [1.29, 1.82) is 0 Å². The maximum atomic E-state index is 2.65. The van der Waals surface area contributed by atoms with E-state index in [9.17, 15) is 0 Å². The van der Waals surface area contributed by atoms with E-state index in [2.05, 4.69) is 312 Å². The average molecular weight is 1090 g/mol. The highest BCUT2D eigenvalue weighted by molar-refractivity contribution is 7.00. The Labute approximate surface area is 499 Å². The molecule has 12 aromatic carbocycles. The van der Waals surface area contributed by atoms with Crippen molar-refractivity contribution in [2.45, 2.75) is 63.2 Å². The summed E-state index contributed by atoms with van der Waals surface area (Å²) in [6.45, 7) is 14.1. The van der Waals surface area contributed by atoms with Crippen molar-refractivity contribution in [2.75, 3.05) is 9.80 Å². The van der Waals surface area contributed by atoms with Crippen molar-refractivity contribution in [3.05, 3.63) is 316 Å². The molecule has 85 heavy (non-hydrogen) atoms. The second-order valence-corrected chi connectivity index (χ2v) is 26.7. The van der Waals surface area contributed by atoms with E-state index in [0.29, 0.717) is 0 Å². The lowest BCUT2D eigenvalue weighted by molar-refractivity contribution is 0.590. The second kappa shape index (κ2) is 17.0. The molecular weight excluding hydrogens is 1020 g/mol. The lowest BCUT2D eigenvalue weighted by Gasteiger charge is -2.45. The van der Waals surface area contributed by atoms with Crippen LogP contribution in [0.2, 0.25) is 0 Å². The number of fused-ring (bicyclic) bond motifs is 24. The molecule has 12 aromatic rings. The van der Waals surface area contributed by atoms with E-state index in [-0.39, 0.29) is 17.5 Å². The Morgan fingerprint density at radius 2 is 0.588 bits per heavy atom. The van der Waals surface area contributed by atoms with Crippen LogP contribution in [0.5, 0.6) is 0 Å². The first-order chi connectivity index (χ1) is 41.4. The molecular formula is C82H61BN2. The van der Waals surface area contributed by atoms with Gasteiger partial charge in [0, 0.05) is 34.1 Å². The molecule has 0 unspecified atom stereocenters. The fraction of sp³-hybridized carbons (Fsp3) is 0.122. The van der Waals surface area contributed by atoms with Crippen LogP contribution in [0.3, 0.4) is 0 Å². The molecule has 3 heteroatoms. The summed E-state index contributed by atoms with van der Waals surface area (Å²) in [5.74, 6) is 0. The molecule has 0 fully saturated rings. The third kappa shape index (κ3) is 6.30. The highest BCUT2D eigenvalue weighted by Crippen LogP contribution is 2.65. The smallest absolute Gasteiger partial charge is 0.252 e. The first-order valence-electron chi connectivity index (χ1n) is 30.4. The van der Waals surface area contributed by atoms with Crippen LogP contribution < -0.4 is 26.2 Å². The first kappa shape index (κ1) is 48.8. The lowest BCUT2D eigenvalue weighted by Crippen LogP contribution is -2.61. The average Bonchev–Trinajstić information content (AvgIpc) is 1.68. The summed E-state index contributed by atoms with van der Waals surface area (Å²) >= 11 is 0. The molecule has 402 valence electrons. The summed E-state index contributed by atoms with van der Waals surface area (Å²) in [5.41, 5.74) is 36.3. The van der Waals surface area contributed by atoms with Crippen molar-refractivity contribution in [3.63, 3.8) is 0 Å². The molecule has 0 bridgehead atoms. The maximum absolute atomic E-state index is 2.65. The van der Waals surface area contributed by atoms with Gasteiger partial charge in [0.15, 0.2) is 0 Å². The van der Waals surface area contributed by atoms with Crippen molar-refractivity contribution in [3.8, 4) is 55.6 Å². The van der Waals surface area contributed by atoms with Gasteiger partial charge < -0.3 is 9.80 Å². The number of rotatable bonds is 3. The lowest BCUT2D eigenvalue weighted by atomic mass is 9.33. The van der Waals surface area contributed by atoms with Gasteiger partial charge in [0.2, 0.25) is 0 Å². The third-order valence-electron chi connectivity index (χ3n) is 20.4. The normalized spacial score (nSPS) is 15.1. The quantitative estimate of drug-likeness (QED) is 0.163. The van der Waals surface area contributed by atoms with E-state index in [1.807, 2.05) is 0 Å². The SMILES string of the molecule is CC(C)(C)c1ccc2c(c1)N(c1ccc3c(c1)-c1ccccc1C31c3ccccc3-c3ccccc31)c1cc(-c3ccccc3)cc3c1B2c1ccc(C(C)(C)C)cc1N3c1ccc2c(c1)-c1ccccc1C21c2ccccc2-c2ccccc21. The predicted molar refractivity (Wildman–Crippen MR) is 356 cm³/mol. The van der Waals surface area contributed by atoms with Crippen LogP contribution in [0, 0.1) is 0 Å². The standard InChI is InChI=1S/C82H61BN2/c1-79(2,3)52-36-42-72-74(46-52)84(54-38-40-70-62(48-54)60-28-14-20-34-68(60)81(70)64-30-16-10-24-56(64)57-25-11-17-31-65(57)81)76-44-51(50-22-8-7-9-23-50)45-77-78(76)83(72)73-43-37-53(80(4,5)6)47-75(73)85(77)55-39-41-71-63(49-55)61-29-15-21-35-69(61)82(71)66-32-18-12-26-58(66)59-27-13-19-33-67(59)82/h7-49H,1-6H3. The van der Waals surface area contributed by atoms with Crippen LogP contribution in [0.25, 0.3) is 55.6 Å². The number of hydrogen-bond acceptors (Lipinski definition) is 2. The fourth-order valence-corrected chi connectivity index (χ4v) is 16.7. The highest BCUT2D eigenvalue weighted by atomic mass is 15.2. The van der Waals surface area contributed by atoms with Gasteiger partial charge >= 0.3 is 0 Å². The predicted octanol–water partition coefficient (Wildman–Crippen LogP) is 18.7. The van der Waals surface area contributed by atoms with E-state index in [1.54, 1.807) is 0 Å². The molecule has 0 amide bonds. The van der Waals surface area contributed by atoms with Crippen LogP contribution in [-0.4, -0.2) is 6.71 Å². The van der Waals surface area contributed by atoms with Crippen molar-refractivity contribution < 1.29 is 0 Å². The molecule has 2 heterocycles. The van der Waals surface area contributed by atoms with Gasteiger partial charge in [0.25, 0.3) is 6.71 Å². The largest absolute Gasteiger partial charge is 0.311 e. The molecule has 0 atom stereocenters. The van der Waals surface area contributed by atoms with Crippen molar-refractivity contribution in [1.82, 2.24) is 0 Å². The number of hydrogen-bond donors (Lipinski definition) is 0. The zero-order chi connectivity index (χ0) is 56.9. The molecule has 0 aromatic heterocycles.